The number of hydrogen-bond acceptors (Lipinski definition) is 2. The van der Waals surface area contributed by atoms with Crippen LogP contribution in [0.2, 0.25) is 0 Å². The van der Waals surface area contributed by atoms with Crippen LogP contribution >= 0.6 is 0 Å². The lowest BCUT2D eigenvalue weighted by atomic mass is 10.1. The molecule has 15 heavy (non-hydrogen) atoms. The second-order valence-corrected chi connectivity index (χ2v) is 4.85. The summed E-state index contributed by atoms with van der Waals surface area (Å²) in [5, 5.41) is 0. The first-order valence-corrected chi connectivity index (χ1v) is 5.62. The van der Waals surface area contributed by atoms with Crippen LogP contribution in [-0.2, 0) is 12.8 Å². The second-order valence-electron chi connectivity index (χ2n) is 4.85. The summed E-state index contributed by atoms with van der Waals surface area (Å²) in [5.41, 5.74) is 8.30. The van der Waals surface area contributed by atoms with Crippen LogP contribution in [0.1, 0.15) is 31.4 Å². The van der Waals surface area contributed by atoms with Crippen molar-refractivity contribution in [3.63, 3.8) is 0 Å². The van der Waals surface area contributed by atoms with Gasteiger partial charge in [-0.25, -0.2) is 0 Å². The minimum atomic E-state index is -0.271. The zero-order valence-electron chi connectivity index (χ0n) is 9.55. The minimum Gasteiger partial charge on any atom is -0.487 e. The number of hydrogen-bond donors (Lipinski definition) is 1. The Bertz CT molecular complexity index is 358. The van der Waals surface area contributed by atoms with E-state index in [0.29, 0.717) is 6.54 Å². The van der Waals surface area contributed by atoms with Crippen LogP contribution in [0.15, 0.2) is 18.2 Å². The topological polar surface area (TPSA) is 35.2 Å². The standard InChI is InChI=1S/C13H19NO/c1-13(2,9-14)15-12-7-6-10-4-3-5-11(10)8-12/h6-8H,3-5,9,14H2,1-2H3. The number of ether oxygens (including phenoxy) is 1. The fraction of sp³-hybridized carbons (Fsp3) is 0.538. The molecule has 0 saturated carbocycles. The Morgan fingerprint density at radius 2 is 2.00 bits per heavy atom. The van der Waals surface area contributed by atoms with E-state index in [4.69, 9.17) is 10.5 Å². The van der Waals surface area contributed by atoms with Crippen LogP contribution in [0, 0.1) is 0 Å². The average Bonchev–Trinajstić information content (AvgIpc) is 2.64. The SMILES string of the molecule is CC(C)(CN)Oc1ccc2c(c1)CCC2. The van der Waals surface area contributed by atoms with Crippen LogP contribution < -0.4 is 10.5 Å². The van der Waals surface area contributed by atoms with Gasteiger partial charge in [0.1, 0.15) is 11.4 Å². The summed E-state index contributed by atoms with van der Waals surface area (Å²) in [6, 6.07) is 6.41. The molecule has 1 aromatic rings. The summed E-state index contributed by atoms with van der Waals surface area (Å²) >= 11 is 0. The molecule has 2 heteroatoms. The molecule has 0 atom stereocenters. The summed E-state index contributed by atoms with van der Waals surface area (Å²) in [6.45, 7) is 4.56. The molecular formula is C13H19NO. The zero-order chi connectivity index (χ0) is 10.9. The van der Waals surface area contributed by atoms with Crippen molar-refractivity contribution in [1.82, 2.24) is 0 Å². The molecule has 1 aliphatic carbocycles. The number of nitrogens with two attached hydrogens (primary N) is 1. The van der Waals surface area contributed by atoms with Crippen molar-refractivity contribution in [2.24, 2.45) is 5.73 Å². The largest absolute Gasteiger partial charge is 0.487 e. The molecule has 0 amide bonds. The molecule has 0 spiro atoms. The maximum atomic E-state index is 5.85. The van der Waals surface area contributed by atoms with Crippen LogP contribution in [-0.4, -0.2) is 12.1 Å². The highest BCUT2D eigenvalue weighted by Gasteiger charge is 2.18. The molecule has 0 aliphatic heterocycles. The van der Waals surface area contributed by atoms with Crippen molar-refractivity contribution >= 4 is 0 Å². The van der Waals surface area contributed by atoms with Crippen molar-refractivity contribution in [3.05, 3.63) is 29.3 Å². The molecule has 0 radical (unpaired) electrons. The summed E-state index contributed by atoms with van der Waals surface area (Å²) in [6.07, 6.45) is 3.69. The highest BCUT2D eigenvalue weighted by molar-refractivity contribution is 5.38. The maximum absolute atomic E-state index is 5.85. The van der Waals surface area contributed by atoms with Crippen molar-refractivity contribution in [2.45, 2.75) is 38.7 Å². The van der Waals surface area contributed by atoms with Gasteiger partial charge in [-0.15, -0.1) is 0 Å². The van der Waals surface area contributed by atoms with Crippen molar-refractivity contribution < 1.29 is 4.74 Å². The summed E-state index contributed by atoms with van der Waals surface area (Å²) in [5.74, 6) is 0.950. The van der Waals surface area contributed by atoms with Gasteiger partial charge in [0.15, 0.2) is 0 Å². The molecule has 1 aromatic carbocycles. The lowest BCUT2D eigenvalue weighted by Gasteiger charge is -2.24. The van der Waals surface area contributed by atoms with Crippen LogP contribution in [0.25, 0.3) is 0 Å². The monoisotopic (exact) mass is 205 g/mol. The number of fused-ring (bicyclic) bond motifs is 1. The summed E-state index contributed by atoms with van der Waals surface area (Å²) in [7, 11) is 0. The fourth-order valence-corrected chi connectivity index (χ4v) is 1.97. The van der Waals surface area contributed by atoms with Gasteiger partial charge in [-0.1, -0.05) is 6.07 Å². The molecule has 82 valence electrons. The van der Waals surface area contributed by atoms with E-state index in [2.05, 4.69) is 18.2 Å². The molecular weight excluding hydrogens is 186 g/mol. The van der Waals surface area contributed by atoms with Crippen LogP contribution in [0.4, 0.5) is 0 Å². The van der Waals surface area contributed by atoms with Crippen molar-refractivity contribution in [3.8, 4) is 5.75 Å². The third-order valence-corrected chi connectivity index (χ3v) is 2.96. The number of aryl methyl sites for hydroxylation is 2. The fourth-order valence-electron chi connectivity index (χ4n) is 1.97. The van der Waals surface area contributed by atoms with Gasteiger partial charge in [0, 0.05) is 6.54 Å². The maximum Gasteiger partial charge on any atom is 0.120 e. The first kappa shape index (κ1) is 10.5. The van der Waals surface area contributed by atoms with E-state index in [1.807, 2.05) is 13.8 Å². The van der Waals surface area contributed by atoms with Gasteiger partial charge in [-0.3, -0.25) is 0 Å². The van der Waals surface area contributed by atoms with Gasteiger partial charge in [0.05, 0.1) is 0 Å². The highest BCUT2D eigenvalue weighted by Crippen LogP contribution is 2.27. The smallest absolute Gasteiger partial charge is 0.120 e. The third-order valence-electron chi connectivity index (χ3n) is 2.96. The molecule has 2 rings (SSSR count). The average molecular weight is 205 g/mol. The molecule has 2 nitrogen and oxygen atoms in total. The molecule has 0 fully saturated rings. The van der Waals surface area contributed by atoms with Gasteiger partial charge < -0.3 is 10.5 Å². The predicted molar refractivity (Wildman–Crippen MR) is 62.2 cm³/mol. The zero-order valence-corrected chi connectivity index (χ0v) is 9.55. The Labute approximate surface area is 91.4 Å². The van der Waals surface area contributed by atoms with Gasteiger partial charge >= 0.3 is 0 Å². The molecule has 1 aliphatic rings. The first-order chi connectivity index (χ1) is 7.11. The van der Waals surface area contributed by atoms with E-state index < -0.39 is 0 Å². The Balaban J connectivity index is 2.17. The molecule has 2 N–H and O–H groups in total. The van der Waals surface area contributed by atoms with Gasteiger partial charge in [0.2, 0.25) is 0 Å². The van der Waals surface area contributed by atoms with E-state index in [-0.39, 0.29) is 5.60 Å². The van der Waals surface area contributed by atoms with Gasteiger partial charge in [-0.05, 0) is 56.4 Å². The molecule has 0 heterocycles. The second kappa shape index (κ2) is 3.86. The van der Waals surface area contributed by atoms with Gasteiger partial charge in [-0.2, -0.15) is 0 Å². The Hall–Kier alpha value is -1.02. The molecule has 0 saturated heterocycles. The number of benzene rings is 1. The normalized spacial score (nSPS) is 15.1. The van der Waals surface area contributed by atoms with E-state index in [1.54, 1.807) is 0 Å². The Morgan fingerprint density at radius 1 is 1.27 bits per heavy atom. The predicted octanol–water partition coefficient (Wildman–Crippen LogP) is 2.29. The lowest BCUT2D eigenvalue weighted by molar-refractivity contribution is 0.118. The van der Waals surface area contributed by atoms with Crippen molar-refractivity contribution in [2.75, 3.05) is 6.54 Å². The molecule has 0 unspecified atom stereocenters. The molecule has 0 bridgehead atoms. The molecule has 0 aromatic heterocycles. The number of rotatable bonds is 3. The summed E-state index contributed by atoms with van der Waals surface area (Å²) in [4.78, 5) is 0. The van der Waals surface area contributed by atoms with E-state index in [9.17, 15) is 0 Å². The van der Waals surface area contributed by atoms with E-state index in [0.717, 1.165) is 5.75 Å². The van der Waals surface area contributed by atoms with E-state index in [1.165, 1.54) is 30.4 Å². The first-order valence-electron chi connectivity index (χ1n) is 5.62. The Kier molecular flexibility index (Phi) is 2.70. The van der Waals surface area contributed by atoms with Gasteiger partial charge in [0.25, 0.3) is 0 Å². The van der Waals surface area contributed by atoms with E-state index >= 15 is 0 Å². The third kappa shape index (κ3) is 2.32. The Morgan fingerprint density at radius 3 is 2.73 bits per heavy atom. The highest BCUT2D eigenvalue weighted by atomic mass is 16.5. The lowest BCUT2D eigenvalue weighted by Crippen LogP contribution is -2.37. The minimum absolute atomic E-state index is 0.271. The van der Waals surface area contributed by atoms with Crippen molar-refractivity contribution in [1.29, 1.82) is 0 Å². The van der Waals surface area contributed by atoms with Crippen LogP contribution in [0.5, 0.6) is 5.75 Å². The van der Waals surface area contributed by atoms with Crippen LogP contribution in [0.3, 0.4) is 0 Å². The quantitative estimate of drug-likeness (QED) is 0.821. The summed E-state index contributed by atoms with van der Waals surface area (Å²) < 4.78 is 5.85.